The first kappa shape index (κ1) is 14.5. The SMILES string of the molecule is CC(C)c1nc(CN2CCCCC2C)sc1CC#N. The number of nitriles is 1. The van der Waals surface area contributed by atoms with E-state index in [1.165, 1.54) is 30.8 Å². The van der Waals surface area contributed by atoms with E-state index < -0.39 is 0 Å². The second kappa shape index (κ2) is 6.49. The number of rotatable bonds is 4. The predicted octanol–water partition coefficient (Wildman–Crippen LogP) is 3.71. The number of nitrogens with zero attached hydrogens (tertiary/aromatic N) is 3. The molecule has 1 aliphatic heterocycles. The van der Waals surface area contributed by atoms with Crippen molar-refractivity contribution in [1.29, 1.82) is 5.26 Å². The molecule has 1 saturated heterocycles. The standard InChI is InChI=1S/C15H23N3S/c1-11(2)15-13(7-8-16)19-14(17-15)10-18-9-5-4-6-12(18)3/h11-12H,4-7,9-10H2,1-3H3. The Hall–Kier alpha value is -0.920. The van der Waals surface area contributed by atoms with Gasteiger partial charge in [0.1, 0.15) is 5.01 Å². The van der Waals surface area contributed by atoms with Crippen molar-refractivity contribution in [2.24, 2.45) is 0 Å². The van der Waals surface area contributed by atoms with Gasteiger partial charge in [0.2, 0.25) is 0 Å². The van der Waals surface area contributed by atoms with Gasteiger partial charge in [-0.2, -0.15) is 5.26 Å². The van der Waals surface area contributed by atoms with Gasteiger partial charge in [-0.3, -0.25) is 4.90 Å². The van der Waals surface area contributed by atoms with Gasteiger partial charge in [0.25, 0.3) is 0 Å². The Morgan fingerprint density at radius 1 is 1.47 bits per heavy atom. The largest absolute Gasteiger partial charge is 0.294 e. The summed E-state index contributed by atoms with van der Waals surface area (Å²) in [6.45, 7) is 8.76. The van der Waals surface area contributed by atoms with Crippen LogP contribution in [0.15, 0.2) is 0 Å². The molecule has 4 heteroatoms. The highest BCUT2D eigenvalue weighted by Gasteiger charge is 2.21. The Labute approximate surface area is 120 Å². The Morgan fingerprint density at radius 3 is 2.89 bits per heavy atom. The molecule has 0 bridgehead atoms. The predicted molar refractivity (Wildman–Crippen MR) is 79.2 cm³/mol. The molecule has 0 amide bonds. The van der Waals surface area contributed by atoms with Crippen LogP contribution >= 0.6 is 11.3 Å². The van der Waals surface area contributed by atoms with E-state index in [1.54, 1.807) is 11.3 Å². The van der Waals surface area contributed by atoms with Crippen LogP contribution in [0.5, 0.6) is 0 Å². The molecule has 2 heterocycles. The van der Waals surface area contributed by atoms with E-state index in [0.29, 0.717) is 18.4 Å². The second-order valence-electron chi connectivity index (χ2n) is 5.72. The summed E-state index contributed by atoms with van der Waals surface area (Å²) in [7, 11) is 0. The van der Waals surface area contributed by atoms with Crippen molar-refractivity contribution < 1.29 is 0 Å². The summed E-state index contributed by atoms with van der Waals surface area (Å²) in [5.74, 6) is 0.409. The minimum Gasteiger partial charge on any atom is -0.294 e. The van der Waals surface area contributed by atoms with Gasteiger partial charge in [-0.15, -0.1) is 11.3 Å². The second-order valence-corrected chi connectivity index (χ2v) is 6.89. The molecule has 1 atom stereocenters. The Bertz CT molecular complexity index is 458. The first-order chi connectivity index (χ1) is 9.11. The van der Waals surface area contributed by atoms with Crippen LogP contribution in [0.4, 0.5) is 0 Å². The van der Waals surface area contributed by atoms with Crippen LogP contribution in [0.1, 0.15) is 61.5 Å². The Balaban J connectivity index is 2.12. The zero-order valence-electron chi connectivity index (χ0n) is 12.1. The van der Waals surface area contributed by atoms with Crippen molar-refractivity contribution in [2.45, 2.75) is 65.0 Å². The lowest BCUT2D eigenvalue weighted by Crippen LogP contribution is -2.36. The number of hydrogen-bond donors (Lipinski definition) is 0. The van der Waals surface area contributed by atoms with E-state index in [4.69, 9.17) is 10.2 Å². The molecule has 0 radical (unpaired) electrons. The number of piperidine rings is 1. The maximum absolute atomic E-state index is 8.92. The van der Waals surface area contributed by atoms with E-state index >= 15 is 0 Å². The Morgan fingerprint density at radius 2 is 2.26 bits per heavy atom. The van der Waals surface area contributed by atoms with Crippen LogP contribution in [0, 0.1) is 11.3 Å². The third kappa shape index (κ3) is 3.55. The van der Waals surface area contributed by atoms with Gasteiger partial charge < -0.3 is 0 Å². The molecule has 104 valence electrons. The molecule has 0 N–H and O–H groups in total. The molecule has 1 aromatic heterocycles. The van der Waals surface area contributed by atoms with Gasteiger partial charge in [0.15, 0.2) is 0 Å². The van der Waals surface area contributed by atoms with Crippen molar-refractivity contribution in [1.82, 2.24) is 9.88 Å². The fourth-order valence-electron chi connectivity index (χ4n) is 2.70. The van der Waals surface area contributed by atoms with Crippen molar-refractivity contribution >= 4 is 11.3 Å². The van der Waals surface area contributed by atoms with Crippen molar-refractivity contribution in [3.63, 3.8) is 0 Å². The summed E-state index contributed by atoms with van der Waals surface area (Å²) >= 11 is 1.73. The van der Waals surface area contributed by atoms with Gasteiger partial charge in [0.05, 0.1) is 24.7 Å². The van der Waals surface area contributed by atoms with E-state index in [9.17, 15) is 0 Å². The van der Waals surface area contributed by atoms with Gasteiger partial charge in [-0.25, -0.2) is 4.98 Å². The van der Waals surface area contributed by atoms with Crippen LogP contribution in [-0.2, 0) is 13.0 Å². The summed E-state index contributed by atoms with van der Waals surface area (Å²) in [4.78, 5) is 8.48. The lowest BCUT2D eigenvalue weighted by Gasteiger charge is -2.32. The van der Waals surface area contributed by atoms with Crippen molar-refractivity contribution in [3.05, 3.63) is 15.6 Å². The summed E-state index contributed by atoms with van der Waals surface area (Å²) in [6.07, 6.45) is 4.46. The highest BCUT2D eigenvalue weighted by atomic mass is 32.1. The molecule has 19 heavy (non-hydrogen) atoms. The normalized spacial score (nSPS) is 20.7. The van der Waals surface area contributed by atoms with Crippen LogP contribution in [0.2, 0.25) is 0 Å². The van der Waals surface area contributed by atoms with E-state index in [0.717, 1.165) is 17.1 Å². The van der Waals surface area contributed by atoms with Crippen molar-refractivity contribution in [2.75, 3.05) is 6.54 Å². The van der Waals surface area contributed by atoms with E-state index in [-0.39, 0.29) is 0 Å². The highest BCUT2D eigenvalue weighted by molar-refractivity contribution is 7.11. The average Bonchev–Trinajstić information content (AvgIpc) is 2.76. The summed E-state index contributed by atoms with van der Waals surface area (Å²) in [5.41, 5.74) is 1.13. The highest BCUT2D eigenvalue weighted by Crippen LogP contribution is 2.28. The molecule has 1 aliphatic rings. The molecule has 2 rings (SSSR count). The summed E-state index contributed by atoms with van der Waals surface area (Å²) < 4.78 is 0. The van der Waals surface area contributed by atoms with Crippen LogP contribution in [0.3, 0.4) is 0 Å². The zero-order valence-corrected chi connectivity index (χ0v) is 13.0. The van der Waals surface area contributed by atoms with Gasteiger partial charge in [-0.05, 0) is 32.2 Å². The molecule has 0 aliphatic carbocycles. The molecule has 0 spiro atoms. The van der Waals surface area contributed by atoms with Gasteiger partial charge in [-0.1, -0.05) is 20.3 Å². The topological polar surface area (TPSA) is 39.9 Å². The third-order valence-electron chi connectivity index (χ3n) is 3.84. The molecule has 1 unspecified atom stereocenters. The molecular formula is C15H23N3S. The molecule has 0 aromatic carbocycles. The summed E-state index contributed by atoms with van der Waals surface area (Å²) in [6, 6.07) is 2.93. The van der Waals surface area contributed by atoms with Crippen LogP contribution < -0.4 is 0 Å². The number of likely N-dealkylation sites (tertiary alicyclic amines) is 1. The smallest absolute Gasteiger partial charge is 0.107 e. The quantitative estimate of drug-likeness (QED) is 0.842. The van der Waals surface area contributed by atoms with E-state index in [2.05, 4.69) is 31.7 Å². The number of hydrogen-bond acceptors (Lipinski definition) is 4. The first-order valence-corrected chi connectivity index (χ1v) is 8.03. The molecule has 1 aromatic rings. The summed E-state index contributed by atoms with van der Waals surface area (Å²) in [5, 5.41) is 10.1. The Kier molecular flexibility index (Phi) is 4.95. The average molecular weight is 277 g/mol. The molecule has 1 fully saturated rings. The number of aromatic nitrogens is 1. The molecule has 0 saturated carbocycles. The van der Waals surface area contributed by atoms with Gasteiger partial charge >= 0.3 is 0 Å². The van der Waals surface area contributed by atoms with Crippen LogP contribution in [0.25, 0.3) is 0 Å². The van der Waals surface area contributed by atoms with Gasteiger partial charge in [0, 0.05) is 10.9 Å². The monoisotopic (exact) mass is 277 g/mol. The zero-order chi connectivity index (χ0) is 13.8. The molecular weight excluding hydrogens is 254 g/mol. The lowest BCUT2D eigenvalue weighted by atomic mass is 10.0. The van der Waals surface area contributed by atoms with Crippen LogP contribution in [-0.4, -0.2) is 22.5 Å². The minimum atomic E-state index is 0.409. The van der Waals surface area contributed by atoms with E-state index in [1.807, 2.05) is 0 Å². The lowest BCUT2D eigenvalue weighted by molar-refractivity contribution is 0.152. The minimum absolute atomic E-state index is 0.409. The first-order valence-electron chi connectivity index (χ1n) is 7.21. The fraction of sp³-hybridized carbons (Fsp3) is 0.733. The maximum atomic E-state index is 8.92. The number of thiazole rings is 1. The van der Waals surface area contributed by atoms with Crippen molar-refractivity contribution in [3.8, 4) is 6.07 Å². The third-order valence-corrected chi connectivity index (χ3v) is 4.89. The molecule has 3 nitrogen and oxygen atoms in total. The maximum Gasteiger partial charge on any atom is 0.107 e. The fourth-order valence-corrected chi connectivity index (χ4v) is 3.88.